The van der Waals surface area contributed by atoms with Crippen molar-refractivity contribution in [2.75, 3.05) is 0 Å². The largest absolute Gasteiger partial charge is 0.299 e. The van der Waals surface area contributed by atoms with Gasteiger partial charge in [-0.2, -0.15) is 4.80 Å². The highest BCUT2D eigenvalue weighted by Gasteiger charge is 2.50. The number of fused-ring (bicyclic) bond motifs is 3. The van der Waals surface area contributed by atoms with E-state index in [1.165, 1.54) is 4.80 Å². The Morgan fingerprint density at radius 1 is 1.18 bits per heavy atom. The number of Topliss-reactive ketones (excluding diaryl/α,β-unsaturated/α-hetero) is 1. The number of carbonyl (C=O) groups excluding carboxylic acids is 1. The molecule has 0 aliphatic heterocycles. The van der Waals surface area contributed by atoms with Gasteiger partial charge in [-0.3, -0.25) is 9.36 Å². The highest BCUT2D eigenvalue weighted by molar-refractivity contribution is 5.82. The number of aromatic nitrogens is 6. The van der Waals surface area contributed by atoms with Gasteiger partial charge in [0.15, 0.2) is 0 Å². The number of hydrogen-bond donors (Lipinski definition) is 0. The topological polar surface area (TPSA) is 78.5 Å². The Morgan fingerprint density at radius 3 is 2.68 bits per heavy atom. The van der Waals surface area contributed by atoms with Gasteiger partial charge in [-0.25, -0.2) is 4.98 Å². The Hall–Kier alpha value is -2.83. The Labute approximate surface area is 163 Å². The minimum Gasteiger partial charge on any atom is -0.299 e. The van der Waals surface area contributed by atoms with Crippen molar-refractivity contribution in [3.8, 4) is 17.3 Å². The number of aryl methyl sites for hydroxylation is 1. The molecule has 3 aromatic rings. The molecule has 2 aliphatic carbocycles. The first-order valence-electron chi connectivity index (χ1n) is 9.93. The maximum Gasteiger partial charge on any atom is 0.276 e. The number of ketones is 1. The lowest BCUT2D eigenvalue weighted by Crippen LogP contribution is -2.47. The fraction of sp³-hybridized carbons (Fsp3) is 0.476. The predicted octanol–water partition coefficient (Wildman–Crippen LogP) is 2.88. The van der Waals surface area contributed by atoms with E-state index in [9.17, 15) is 4.79 Å². The van der Waals surface area contributed by atoms with Gasteiger partial charge < -0.3 is 0 Å². The molecule has 2 aliphatic rings. The summed E-state index contributed by atoms with van der Waals surface area (Å²) in [6.45, 7) is 4.38. The molecule has 1 fully saturated rings. The highest BCUT2D eigenvalue weighted by Crippen LogP contribution is 2.51. The van der Waals surface area contributed by atoms with E-state index < -0.39 is 0 Å². The highest BCUT2D eigenvalue weighted by atomic mass is 16.1. The smallest absolute Gasteiger partial charge is 0.276 e. The second-order valence-electron chi connectivity index (χ2n) is 8.33. The summed E-state index contributed by atoms with van der Waals surface area (Å²) in [6, 6.07) is 10.2. The molecule has 28 heavy (non-hydrogen) atoms. The van der Waals surface area contributed by atoms with Gasteiger partial charge in [0, 0.05) is 29.0 Å². The van der Waals surface area contributed by atoms with Crippen molar-refractivity contribution in [1.82, 2.24) is 29.8 Å². The Kier molecular flexibility index (Phi) is 3.76. The number of rotatable bonds is 2. The summed E-state index contributed by atoms with van der Waals surface area (Å²) in [5.41, 5.74) is 3.20. The summed E-state index contributed by atoms with van der Waals surface area (Å²) < 4.78 is 2.07. The summed E-state index contributed by atoms with van der Waals surface area (Å²) in [5.74, 6) is 2.22. The first-order chi connectivity index (χ1) is 13.5. The second-order valence-corrected chi connectivity index (χ2v) is 8.33. The molecule has 144 valence electrons. The van der Waals surface area contributed by atoms with Crippen LogP contribution < -0.4 is 0 Å². The van der Waals surface area contributed by atoms with Crippen molar-refractivity contribution in [3.05, 3.63) is 41.7 Å². The normalized spacial score (nSPS) is 26.8. The molecule has 3 atom stereocenters. The van der Waals surface area contributed by atoms with Crippen molar-refractivity contribution < 1.29 is 4.79 Å². The fourth-order valence-corrected chi connectivity index (χ4v) is 5.23. The average Bonchev–Trinajstić information content (AvgIpc) is 3.30. The van der Waals surface area contributed by atoms with Crippen molar-refractivity contribution in [1.29, 1.82) is 0 Å². The lowest BCUT2D eigenvalue weighted by molar-refractivity contribution is -0.128. The lowest BCUT2D eigenvalue weighted by atomic mass is 9.57. The monoisotopic (exact) mass is 376 g/mol. The molecule has 0 N–H and O–H groups in total. The molecular formula is C21H24N6O. The Bertz CT molecular complexity index is 1050. The molecule has 0 unspecified atom stereocenters. The molecule has 0 radical (unpaired) electrons. The third-order valence-electron chi connectivity index (χ3n) is 6.76. The van der Waals surface area contributed by atoms with Gasteiger partial charge in [0.25, 0.3) is 5.95 Å². The molecule has 0 spiro atoms. The zero-order valence-electron chi connectivity index (χ0n) is 16.5. The summed E-state index contributed by atoms with van der Waals surface area (Å²) in [7, 11) is 1.77. The first-order valence-corrected chi connectivity index (χ1v) is 9.93. The van der Waals surface area contributed by atoms with E-state index in [0.717, 1.165) is 42.0 Å². The second kappa shape index (κ2) is 6.09. The molecule has 0 saturated heterocycles. The molecule has 0 bridgehead atoms. The van der Waals surface area contributed by atoms with Gasteiger partial charge in [0.1, 0.15) is 11.6 Å². The van der Waals surface area contributed by atoms with E-state index in [1.807, 2.05) is 18.2 Å². The van der Waals surface area contributed by atoms with E-state index in [1.54, 1.807) is 7.05 Å². The Morgan fingerprint density at radius 2 is 1.96 bits per heavy atom. The molecule has 7 nitrogen and oxygen atoms in total. The Balaban J connectivity index is 1.74. The zero-order valence-corrected chi connectivity index (χ0v) is 16.5. The van der Waals surface area contributed by atoms with Crippen molar-refractivity contribution in [2.24, 2.45) is 18.9 Å². The van der Waals surface area contributed by atoms with E-state index >= 15 is 0 Å². The van der Waals surface area contributed by atoms with Crippen molar-refractivity contribution >= 4 is 5.78 Å². The van der Waals surface area contributed by atoms with Crippen LogP contribution in [0.15, 0.2) is 30.3 Å². The van der Waals surface area contributed by atoms with Gasteiger partial charge in [-0.15, -0.1) is 5.10 Å². The maximum absolute atomic E-state index is 12.4. The SMILES string of the molecule is C[C@H]1C(=O)CC[C@@]2(C)c3nc(-c4ccccc4)n(-c4nnn(C)n4)c3CC[C@H]12. The maximum atomic E-state index is 12.4. The van der Waals surface area contributed by atoms with E-state index in [-0.39, 0.29) is 11.3 Å². The van der Waals surface area contributed by atoms with E-state index in [0.29, 0.717) is 24.1 Å². The molecule has 2 aromatic heterocycles. The molecule has 1 saturated carbocycles. The molecule has 2 heterocycles. The third-order valence-corrected chi connectivity index (χ3v) is 6.76. The van der Waals surface area contributed by atoms with Crippen LogP contribution in [-0.4, -0.2) is 35.5 Å². The van der Waals surface area contributed by atoms with Gasteiger partial charge in [0.2, 0.25) is 0 Å². The van der Waals surface area contributed by atoms with Crippen molar-refractivity contribution in [2.45, 2.75) is 44.9 Å². The summed E-state index contributed by atoms with van der Waals surface area (Å²) in [5, 5.41) is 12.8. The van der Waals surface area contributed by atoms with Crippen molar-refractivity contribution in [3.63, 3.8) is 0 Å². The van der Waals surface area contributed by atoms with Crippen LogP contribution in [0.3, 0.4) is 0 Å². The fourth-order valence-electron chi connectivity index (χ4n) is 5.23. The number of benzene rings is 1. The average molecular weight is 376 g/mol. The molecule has 5 rings (SSSR count). The first kappa shape index (κ1) is 17.3. The molecule has 0 amide bonds. The van der Waals surface area contributed by atoms with E-state index in [4.69, 9.17) is 4.98 Å². The summed E-state index contributed by atoms with van der Waals surface area (Å²) in [4.78, 5) is 19.0. The zero-order chi connectivity index (χ0) is 19.5. The molecule has 1 aromatic carbocycles. The van der Waals surface area contributed by atoms with Crippen LogP contribution in [0.1, 0.15) is 44.5 Å². The summed E-state index contributed by atoms with van der Waals surface area (Å²) >= 11 is 0. The van der Waals surface area contributed by atoms with Crippen LogP contribution in [0, 0.1) is 11.8 Å². The van der Waals surface area contributed by atoms with Gasteiger partial charge in [0.05, 0.1) is 12.7 Å². The van der Waals surface area contributed by atoms with Crippen LogP contribution in [0.5, 0.6) is 0 Å². The molecule has 7 heteroatoms. The standard InChI is InChI=1S/C21H24N6O/c1-13-15-9-10-16-18(21(15,2)12-11-17(13)28)22-19(14-7-5-4-6-8-14)27(16)20-23-25-26(3)24-20/h4-8,13,15H,9-12H2,1-3H3/t13-,15-,21-/m1/s1. The van der Waals surface area contributed by atoms with E-state index in [2.05, 4.69) is 46.0 Å². The number of hydrogen-bond acceptors (Lipinski definition) is 5. The van der Waals surface area contributed by atoms with Crippen LogP contribution in [0.25, 0.3) is 17.3 Å². The minimum atomic E-state index is -0.0993. The van der Waals surface area contributed by atoms with Crippen LogP contribution >= 0.6 is 0 Å². The lowest BCUT2D eigenvalue weighted by Gasteiger charge is -2.46. The van der Waals surface area contributed by atoms with Crippen LogP contribution in [0.4, 0.5) is 0 Å². The van der Waals surface area contributed by atoms with Crippen LogP contribution in [0.2, 0.25) is 0 Å². The quantitative estimate of drug-likeness (QED) is 0.687. The predicted molar refractivity (Wildman–Crippen MR) is 104 cm³/mol. The molecular weight excluding hydrogens is 352 g/mol. The third kappa shape index (κ3) is 2.38. The minimum absolute atomic E-state index is 0.0897. The number of carbonyl (C=O) groups is 1. The number of tetrazole rings is 1. The number of nitrogens with zero attached hydrogens (tertiary/aromatic N) is 6. The van der Waals surface area contributed by atoms with Gasteiger partial charge in [-0.1, -0.05) is 49.3 Å². The van der Waals surface area contributed by atoms with Crippen LogP contribution in [-0.2, 0) is 23.7 Å². The van der Waals surface area contributed by atoms with Gasteiger partial charge in [-0.05, 0) is 30.4 Å². The van der Waals surface area contributed by atoms with Gasteiger partial charge >= 0.3 is 0 Å². The summed E-state index contributed by atoms with van der Waals surface area (Å²) in [6.07, 6.45) is 3.33. The number of imidazole rings is 1.